The minimum atomic E-state index is -4.77. The third kappa shape index (κ3) is 7.90. The van der Waals surface area contributed by atoms with Crippen molar-refractivity contribution in [3.05, 3.63) is 42.2 Å². The Bertz CT molecular complexity index is 1560. The van der Waals surface area contributed by atoms with Gasteiger partial charge in [-0.25, -0.2) is 14.8 Å². The van der Waals surface area contributed by atoms with Crippen molar-refractivity contribution in [2.24, 2.45) is 11.7 Å². The Hall–Kier alpha value is -4.96. The molecule has 0 aliphatic heterocycles. The molecule has 44 heavy (non-hydrogen) atoms. The molecule has 4 rings (SSSR count). The molecule has 4 N–H and O–H groups in total. The van der Waals surface area contributed by atoms with Gasteiger partial charge < -0.3 is 25.3 Å². The average molecular weight is 622 g/mol. The Morgan fingerprint density at radius 1 is 1.23 bits per heavy atom. The SMILES string of the molecule is CC(C)(C)OC(=O)N(CC(F)(F)F)c1cc(-c2nc(C(=O)Nc3cn(C4CCCC(C(=O)O)C4)nc3C(N)=O)co2)ccn1. The van der Waals surface area contributed by atoms with Crippen LogP contribution in [0.5, 0.6) is 0 Å². The number of alkyl halides is 3. The van der Waals surface area contributed by atoms with Crippen LogP contribution in [0.3, 0.4) is 0 Å². The highest BCUT2D eigenvalue weighted by atomic mass is 19.4. The Morgan fingerprint density at radius 3 is 2.59 bits per heavy atom. The van der Waals surface area contributed by atoms with E-state index in [-0.39, 0.29) is 41.0 Å². The Morgan fingerprint density at radius 2 is 1.95 bits per heavy atom. The van der Waals surface area contributed by atoms with Gasteiger partial charge in [-0.1, -0.05) is 6.42 Å². The van der Waals surface area contributed by atoms with Crippen molar-refractivity contribution < 1.29 is 46.6 Å². The largest absolute Gasteiger partial charge is 0.481 e. The van der Waals surface area contributed by atoms with E-state index in [2.05, 4.69) is 20.4 Å². The van der Waals surface area contributed by atoms with Crippen molar-refractivity contribution in [2.75, 3.05) is 16.8 Å². The molecular formula is C27H30F3N7O7. The van der Waals surface area contributed by atoms with Gasteiger partial charge in [-0.3, -0.25) is 24.0 Å². The Balaban J connectivity index is 1.55. The molecule has 0 bridgehead atoms. The number of carbonyl (C=O) groups is 4. The molecule has 0 saturated heterocycles. The van der Waals surface area contributed by atoms with Gasteiger partial charge in [0.05, 0.1) is 17.6 Å². The number of oxazole rings is 1. The fourth-order valence-electron chi connectivity index (χ4n) is 4.61. The van der Waals surface area contributed by atoms with Gasteiger partial charge in [-0.2, -0.15) is 18.3 Å². The molecule has 0 spiro atoms. The molecule has 2 atom stereocenters. The molecule has 2 unspecified atom stereocenters. The van der Waals surface area contributed by atoms with Crippen LogP contribution in [0.25, 0.3) is 11.5 Å². The maximum atomic E-state index is 13.3. The van der Waals surface area contributed by atoms with Crippen molar-refractivity contribution >= 4 is 35.4 Å². The number of nitrogens with zero attached hydrogens (tertiary/aromatic N) is 5. The number of aliphatic carboxylic acids is 1. The van der Waals surface area contributed by atoms with Gasteiger partial charge in [0.15, 0.2) is 11.4 Å². The number of primary amides is 1. The highest BCUT2D eigenvalue weighted by Gasteiger charge is 2.37. The lowest BCUT2D eigenvalue weighted by molar-refractivity contribution is -0.143. The summed E-state index contributed by atoms with van der Waals surface area (Å²) in [6.07, 6.45) is -0.472. The summed E-state index contributed by atoms with van der Waals surface area (Å²) in [7, 11) is 0. The fraction of sp³-hybridized carbons (Fsp3) is 0.444. The van der Waals surface area contributed by atoms with Crippen molar-refractivity contribution in [2.45, 2.75) is 64.3 Å². The number of halogens is 3. The lowest BCUT2D eigenvalue weighted by atomic mass is 9.86. The molecule has 3 aromatic heterocycles. The molecule has 3 amide bonds. The number of amides is 3. The lowest BCUT2D eigenvalue weighted by Gasteiger charge is -2.27. The number of carboxylic acid groups (broad SMARTS) is 1. The van der Waals surface area contributed by atoms with Crippen LogP contribution in [0, 0.1) is 5.92 Å². The maximum absolute atomic E-state index is 13.3. The molecule has 0 radical (unpaired) electrons. The monoisotopic (exact) mass is 621 g/mol. The molecule has 17 heteroatoms. The van der Waals surface area contributed by atoms with Crippen molar-refractivity contribution in [1.82, 2.24) is 19.7 Å². The predicted molar refractivity (Wildman–Crippen MR) is 147 cm³/mol. The standard InChI is InChI=1S/C27H30F3N7O7/c1-26(2,3)44-25(42)36(13-27(28,29)30)19-10-14(7-8-32-19)23-34-18(12-43-23)22(39)33-17-11-37(35-20(17)21(31)38)16-6-4-5-15(9-16)24(40)41/h7-8,10-12,15-16H,4-6,9,13H2,1-3H3,(H2,31,38)(H,33,39)(H,40,41). The summed E-state index contributed by atoms with van der Waals surface area (Å²) in [6.45, 7) is 2.83. The van der Waals surface area contributed by atoms with Gasteiger partial charge >= 0.3 is 18.2 Å². The molecular weight excluding hydrogens is 591 g/mol. The van der Waals surface area contributed by atoms with E-state index in [1.54, 1.807) is 0 Å². The molecule has 1 aliphatic carbocycles. The van der Waals surface area contributed by atoms with Gasteiger partial charge in [-0.15, -0.1) is 0 Å². The number of pyridine rings is 1. The average Bonchev–Trinajstić information content (AvgIpc) is 3.59. The molecule has 236 valence electrons. The van der Waals surface area contributed by atoms with Gasteiger partial charge in [0.2, 0.25) is 5.89 Å². The highest BCUT2D eigenvalue weighted by Crippen LogP contribution is 2.34. The summed E-state index contributed by atoms with van der Waals surface area (Å²) in [6, 6.07) is 2.14. The predicted octanol–water partition coefficient (Wildman–Crippen LogP) is 4.40. The van der Waals surface area contributed by atoms with Gasteiger partial charge in [0.25, 0.3) is 11.8 Å². The molecule has 3 heterocycles. The van der Waals surface area contributed by atoms with Gasteiger partial charge in [0, 0.05) is 18.0 Å². The molecule has 3 aromatic rings. The molecule has 1 fully saturated rings. The second-order valence-corrected chi connectivity index (χ2v) is 11.2. The summed E-state index contributed by atoms with van der Waals surface area (Å²) in [4.78, 5) is 57.4. The minimum Gasteiger partial charge on any atom is -0.481 e. The van der Waals surface area contributed by atoms with Crippen molar-refractivity contribution in [3.63, 3.8) is 0 Å². The summed E-state index contributed by atoms with van der Waals surface area (Å²) in [5.74, 6) is -3.82. The van der Waals surface area contributed by atoms with Gasteiger partial charge in [-0.05, 0) is 52.2 Å². The molecule has 0 aromatic carbocycles. The van der Waals surface area contributed by atoms with E-state index in [0.29, 0.717) is 24.2 Å². The number of ether oxygens (including phenoxy) is 1. The van der Waals surface area contributed by atoms with Crippen LogP contribution in [0.2, 0.25) is 0 Å². The number of nitrogens with one attached hydrogen (secondary N) is 1. The number of carboxylic acids is 1. The zero-order chi connectivity index (χ0) is 32.4. The first-order valence-electron chi connectivity index (χ1n) is 13.4. The number of hydrogen-bond acceptors (Lipinski definition) is 9. The quantitative estimate of drug-likeness (QED) is 0.324. The zero-order valence-electron chi connectivity index (χ0n) is 23.9. The van der Waals surface area contributed by atoms with Crippen LogP contribution in [0.4, 0.5) is 29.5 Å². The smallest absolute Gasteiger partial charge is 0.416 e. The summed E-state index contributed by atoms with van der Waals surface area (Å²) < 4.78 is 51.8. The molecule has 14 nitrogen and oxygen atoms in total. The number of rotatable bonds is 8. The van der Waals surface area contributed by atoms with E-state index < -0.39 is 53.9 Å². The third-order valence-electron chi connectivity index (χ3n) is 6.54. The topological polar surface area (TPSA) is 196 Å². The van der Waals surface area contributed by atoms with Crippen molar-refractivity contribution in [1.29, 1.82) is 0 Å². The van der Waals surface area contributed by atoms with Crippen LogP contribution >= 0.6 is 0 Å². The van der Waals surface area contributed by atoms with Gasteiger partial charge in [0.1, 0.15) is 24.2 Å². The van der Waals surface area contributed by atoms with E-state index >= 15 is 0 Å². The second-order valence-electron chi connectivity index (χ2n) is 11.2. The minimum absolute atomic E-state index is 0.0316. The number of hydrogen-bond donors (Lipinski definition) is 3. The lowest BCUT2D eigenvalue weighted by Crippen LogP contribution is -2.42. The van der Waals surface area contributed by atoms with Crippen LogP contribution in [-0.4, -0.2) is 67.1 Å². The summed E-state index contributed by atoms with van der Waals surface area (Å²) in [5.41, 5.74) is 3.94. The van der Waals surface area contributed by atoms with Crippen molar-refractivity contribution in [3.8, 4) is 11.5 Å². The first-order valence-corrected chi connectivity index (χ1v) is 13.4. The van der Waals surface area contributed by atoms with Crippen LogP contribution in [0.15, 0.2) is 35.2 Å². The number of aromatic nitrogens is 4. The van der Waals surface area contributed by atoms with Crippen LogP contribution in [0.1, 0.15) is 73.5 Å². The number of carbonyl (C=O) groups excluding carboxylic acids is 3. The summed E-state index contributed by atoms with van der Waals surface area (Å²) in [5, 5.41) is 16.0. The number of nitrogens with two attached hydrogens (primary N) is 1. The third-order valence-corrected chi connectivity index (χ3v) is 6.54. The highest BCUT2D eigenvalue weighted by molar-refractivity contribution is 6.07. The zero-order valence-corrected chi connectivity index (χ0v) is 23.9. The fourth-order valence-corrected chi connectivity index (χ4v) is 4.61. The first kappa shape index (κ1) is 32.0. The maximum Gasteiger partial charge on any atom is 0.416 e. The second kappa shape index (κ2) is 12.3. The van der Waals surface area contributed by atoms with E-state index in [1.165, 1.54) is 37.7 Å². The van der Waals surface area contributed by atoms with E-state index in [1.807, 2.05) is 0 Å². The first-order chi connectivity index (χ1) is 20.5. The van der Waals surface area contributed by atoms with E-state index in [4.69, 9.17) is 14.9 Å². The Labute approximate surface area is 248 Å². The summed E-state index contributed by atoms with van der Waals surface area (Å²) >= 11 is 0. The van der Waals surface area contributed by atoms with E-state index in [9.17, 15) is 37.5 Å². The normalized spacial score (nSPS) is 17.1. The van der Waals surface area contributed by atoms with E-state index in [0.717, 1.165) is 18.5 Å². The van der Waals surface area contributed by atoms with Crippen LogP contribution in [-0.2, 0) is 9.53 Å². The van der Waals surface area contributed by atoms with Crippen LogP contribution < -0.4 is 16.0 Å². The Kier molecular flexibility index (Phi) is 8.96. The molecule has 1 aliphatic rings. The number of anilines is 2. The molecule has 1 saturated carbocycles.